The number of thiocarbonyl (C=S) groups is 1. The number of carbonyl (C=O) groups excluding carboxylic acids is 2. The van der Waals surface area contributed by atoms with Gasteiger partial charge in [0.1, 0.15) is 12.6 Å². The molecule has 3 amide bonds. The Labute approximate surface area is 102 Å². The Morgan fingerprint density at radius 3 is 2.88 bits per heavy atom. The van der Waals surface area contributed by atoms with E-state index in [4.69, 9.17) is 5.11 Å². The minimum absolute atomic E-state index is 0.404. The molecule has 92 valence electrons. The van der Waals surface area contributed by atoms with Crippen molar-refractivity contribution in [1.29, 1.82) is 0 Å². The van der Waals surface area contributed by atoms with Crippen LogP contribution < -0.4 is 5.32 Å². The highest BCUT2D eigenvalue weighted by molar-refractivity contribution is 7.78. The molecule has 1 unspecified atom stereocenters. The topological polar surface area (TPSA) is 99.1 Å². The first-order chi connectivity index (χ1) is 8.06. The van der Waals surface area contributed by atoms with Gasteiger partial charge in [-0.2, -0.15) is 0 Å². The smallest absolute Gasteiger partial charge is 0.325 e. The summed E-state index contributed by atoms with van der Waals surface area (Å²) in [5.41, 5.74) is 0. The lowest BCUT2D eigenvalue weighted by Crippen LogP contribution is -2.36. The largest absolute Gasteiger partial charge is 0.480 e. The maximum absolute atomic E-state index is 11.6. The minimum Gasteiger partial charge on any atom is -0.480 e. The van der Waals surface area contributed by atoms with Gasteiger partial charge in [0.25, 0.3) is 5.91 Å². The van der Waals surface area contributed by atoms with E-state index < -0.39 is 30.5 Å². The van der Waals surface area contributed by atoms with Crippen LogP contribution in [0.25, 0.3) is 0 Å². The number of urea groups is 1. The van der Waals surface area contributed by atoms with Crippen molar-refractivity contribution in [2.45, 2.75) is 18.9 Å². The van der Waals surface area contributed by atoms with Crippen molar-refractivity contribution < 1.29 is 19.5 Å². The molecule has 0 aliphatic carbocycles. The molecule has 0 aromatic carbocycles. The zero-order valence-corrected chi connectivity index (χ0v) is 9.70. The molecule has 0 aromatic heterocycles. The van der Waals surface area contributed by atoms with Crippen LogP contribution in [-0.2, 0) is 9.59 Å². The number of amides is 3. The van der Waals surface area contributed by atoms with Crippen LogP contribution in [-0.4, -0.2) is 52.2 Å². The second kappa shape index (κ2) is 6.07. The Bertz CT molecular complexity index is 392. The fraction of sp³-hybridized carbons (Fsp3) is 0.556. The molecule has 1 heterocycles. The van der Waals surface area contributed by atoms with Gasteiger partial charge in [-0.05, 0) is 25.1 Å². The SMILES string of the molecule is O=C(O)CN1C(=O)NC(CCCN=C=S)C1=O. The molecular weight excluding hydrogens is 246 g/mol. The van der Waals surface area contributed by atoms with E-state index in [1.54, 1.807) is 0 Å². The maximum atomic E-state index is 11.6. The Morgan fingerprint density at radius 2 is 2.29 bits per heavy atom. The van der Waals surface area contributed by atoms with Crippen molar-refractivity contribution >= 4 is 35.3 Å². The summed E-state index contributed by atoms with van der Waals surface area (Å²) in [6, 6.07) is -1.33. The first kappa shape index (κ1) is 13.3. The molecule has 1 atom stereocenters. The van der Waals surface area contributed by atoms with Crippen LogP contribution in [0.4, 0.5) is 4.79 Å². The number of hydrogen-bond donors (Lipinski definition) is 2. The van der Waals surface area contributed by atoms with Crippen molar-refractivity contribution in [3.05, 3.63) is 0 Å². The van der Waals surface area contributed by atoms with Crippen molar-refractivity contribution in [3.8, 4) is 0 Å². The van der Waals surface area contributed by atoms with Crippen LogP contribution in [0.3, 0.4) is 0 Å². The second-order valence-corrected chi connectivity index (χ2v) is 3.62. The summed E-state index contributed by atoms with van der Waals surface area (Å²) in [5.74, 6) is -1.73. The van der Waals surface area contributed by atoms with Gasteiger partial charge in [-0.15, -0.1) is 0 Å². The molecule has 1 aliphatic heterocycles. The molecule has 1 fully saturated rings. The highest BCUT2D eigenvalue weighted by atomic mass is 32.1. The molecule has 0 aromatic rings. The van der Waals surface area contributed by atoms with E-state index in [1.807, 2.05) is 0 Å². The lowest BCUT2D eigenvalue weighted by Gasteiger charge is -2.09. The molecule has 0 spiro atoms. The first-order valence-corrected chi connectivity index (χ1v) is 5.34. The van der Waals surface area contributed by atoms with E-state index in [1.165, 1.54) is 0 Å². The zero-order valence-electron chi connectivity index (χ0n) is 8.88. The van der Waals surface area contributed by atoms with Gasteiger partial charge in [0.05, 0.1) is 5.16 Å². The predicted molar refractivity (Wildman–Crippen MR) is 60.8 cm³/mol. The van der Waals surface area contributed by atoms with Crippen LogP contribution in [0.1, 0.15) is 12.8 Å². The summed E-state index contributed by atoms with van der Waals surface area (Å²) in [7, 11) is 0. The zero-order chi connectivity index (χ0) is 12.8. The van der Waals surface area contributed by atoms with E-state index in [0.29, 0.717) is 24.3 Å². The molecule has 1 aliphatic rings. The van der Waals surface area contributed by atoms with E-state index in [2.05, 4.69) is 27.7 Å². The summed E-state index contributed by atoms with van der Waals surface area (Å²) < 4.78 is 0. The maximum Gasteiger partial charge on any atom is 0.325 e. The highest BCUT2D eigenvalue weighted by Gasteiger charge is 2.38. The monoisotopic (exact) mass is 257 g/mol. The standard InChI is InChI=1S/C9H11N3O4S/c13-7(14)4-12-8(15)6(11-9(12)16)2-1-3-10-5-17/h6H,1-4H2,(H,11,16)(H,13,14). The van der Waals surface area contributed by atoms with Crippen molar-refractivity contribution in [1.82, 2.24) is 10.2 Å². The van der Waals surface area contributed by atoms with Gasteiger partial charge in [0, 0.05) is 6.54 Å². The number of carboxylic acids is 1. The molecular formula is C9H11N3O4S. The lowest BCUT2D eigenvalue weighted by atomic mass is 10.1. The first-order valence-electron chi connectivity index (χ1n) is 4.93. The van der Waals surface area contributed by atoms with E-state index in [-0.39, 0.29) is 0 Å². The second-order valence-electron chi connectivity index (χ2n) is 3.44. The normalized spacial score (nSPS) is 18.8. The summed E-state index contributed by atoms with van der Waals surface area (Å²) in [6.07, 6.45) is 0.975. The van der Waals surface area contributed by atoms with Gasteiger partial charge in [0.2, 0.25) is 0 Å². The summed E-state index contributed by atoms with van der Waals surface area (Å²) in [4.78, 5) is 37.7. The summed E-state index contributed by atoms with van der Waals surface area (Å²) in [5, 5.41) is 13.2. The van der Waals surface area contributed by atoms with Gasteiger partial charge in [-0.3, -0.25) is 14.5 Å². The van der Waals surface area contributed by atoms with Crippen LogP contribution >= 0.6 is 12.2 Å². The number of nitrogens with one attached hydrogen (secondary N) is 1. The van der Waals surface area contributed by atoms with E-state index in [9.17, 15) is 14.4 Å². The molecule has 7 nitrogen and oxygen atoms in total. The van der Waals surface area contributed by atoms with Gasteiger partial charge in [0.15, 0.2) is 0 Å². The van der Waals surface area contributed by atoms with Gasteiger partial charge in [-0.25, -0.2) is 9.79 Å². The Balaban J connectivity index is 2.49. The van der Waals surface area contributed by atoms with Crippen LogP contribution in [0.15, 0.2) is 4.99 Å². The number of aliphatic carboxylic acids is 1. The molecule has 8 heteroatoms. The summed E-state index contributed by atoms with van der Waals surface area (Å²) in [6.45, 7) is -0.179. The predicted octanol–water partition coefficient (Wildman–Crippen LogP) is -0.126. The lowest BCUT2D eigenvalue weighted by molar-refractivity contribution is -0.141. The number of aliphatic imine (C=N–C) groups is 1. The number of imide groups is 1. The Morgan fingerprint density at radius 1 is 1.59 bits per heavy atom. The third kappa shape index (κ3) is 3.61. The van der Waals surface area contributed by atoms with E-state index in [0.717, 1.165) is 0 Å². The van der Waals surface area contributed by atoms with E-state index >= 15 is 0 Å². The molecule has 0 saturated carbocycles. The van der Waals surface area contributed by atoms with Gasteiger partial charge < -0.3 is 10.4 Å². The Kier molecular flexibility index (Phi) is 4.74. The molecule has 1 rings (SSSR count). The van der Waals surface area contributed by atoms with Crippen LogP contribution in [0.2, 0.25) is 0 Å². The average Bonchev–Trinajstić information content (AvgIpc) is 2.52. The number of isothiocyanates is 1. The van der Waals surface area contributed by atoms with Crippen molar-refractivity contribution in [2.24, 2.45) is 4.99 Å². The van der Waals surface area contributed by atoms with Crippen molar-refractivity contribution in [2.75, 3.05) is 13.1 Å². The Hall–Kier alpha value is -1.79. The number of nitrogens with zero attached hydrogens (tertiary/aromatic N) is 2. The minimum atomic E-state index is -1.22. The van der Waals surface area contributed by atoms with Gasteiger partial charge in [-0.1, -0.05) is 0 Å². The molecule has 17 heavy (non-hydrogen) atoms. The quantitative estimate of drug-likeness (QED) is 0.299. The molecule has 2 N–H and O–H groups in total. The number of carboxylic acid groups (broad SMARTS) is 1. The highest BCUT2D eigenvalue weighted by Crippen LogP contribution is 2.10. The third-order valence-corrected chi connectivity index (χ3v) is 2.36. The summed E-state index contributed by atoms with van der Waals surface area (Å²) >= 11 is 4.38. The number of hydrogen-bond acceptors (Lipinski definition) is 5. The average molecular weight is 257 g/mol. The molecule has 1 saturated heterocycles. The van der Waals surface area contributed by atoms with Crippen LogP contribution in [0.5, 0.6) is 0 Å². The van der Waals surface area contributed by atoms with Gasteiger partial charge >= 0.3 is 12.0 Å². The van der Waals surface area contributed by atoms with Crippen LogP contribution in [0, 0.1) is 0 Å². The number of rotatable bonds is 6. The number of carbonyl (C=O) groups is 3. The molecule has 0 radical (unpaired) electrons. The molecule has 0 bridgehead atoms. The van der Waals surface area contributed by atoms with Crippen molar-refractivity contribution in [3.63, 3.8) is 0 Å². The third-order valence-electron chi connectivity index (χ3n) is 2.23. The fourth-order valence-corrected chi connectivity index (χ4v) is 1.57. The fourth-order valence-electron chi connectivity index (χ4n) is 1.48.